The Hall–Kier alpha value is -3.35. The molecule has 1 aromatic carbocycles. The van der Waals surface area contributed by atoms with Gasteiger partial charge in [0.1, 0.15) is 17.8 Å². The van der Waals surface area contributed by atoms with E-state index in [2.05, 4.69) is 9.97 Å². The molecule has 1 saturated carbocycles. The van der Waals surface area contributed by atoms with Crippen molar-refractivity contribution < 1.29 is 9.18 Å². The number of nitrogens with one attached hydrogen (secondary N) is 1. The molecule has 7 heteroatoms. The summed E-state index contributed by atoms with van der Waals surface area (Å²) in [6.07, 6.45) is 5.54. The number of pyridine rings is 1. The summed E-state index contributed by atoms with van der Waals surface area (Å²) < 4.78 is 14.9. The van der Waals surface area contributed by atoms with Crippen LogP contribution in [0, 0.1) is 5.82 Å². The van der Waals surface area contributed by atoms with Crippen LogP contribution in [0.4, 0.5) is 4.39 Å². The van der Waals surface area contributed by atoms with Crippen molar-refractivity contribution in [3.8, 4) is 11.1 Å². The molecule has 2 heterocycles. The van der Waals surface area contributed by atoms with Crippen molar-refractivity contribution in [2.75, 3.05) is 0 Å². The number of aromatic amines is 1. The topological polar surface area (TPSA) is 84.8 Å². The van der Waals surface area contributed by atoms with E-state index in [9.17, 15) is 18.8 Å². The van der Waals surface area contributed by atoms with Crippen LogP contribution in [-0.4, -0.2) is 20.8 Å². The average molecular weight is 379 g/mol. The van der Waals surface area contributed by atoms with Gasteiger partial charge in [0.2, 0.25) is 0 Å². The third-order valence-corrected chi connectivity index (χ3v) is 4.95. The summed E-state index contributed by atoms with van der Waals surface area (Å²) in [5, 5.41) is 0.253. The molecule has 2 aromatic heterocycles. The third kappa shape index (κ3) is 2.98. The first kappa shape index (κ1) is 18.0. The minimum absolute atomic E-state index is 0.203. The van der Waals surface area contributed by atoms with Gasteiger partial charge < -0.3 is 0 Å². The van der Waals surface area contributed by atoms with Gasteiger partial charge in [0.05, 0.1) is 11.1 Å². The lowest BCUT2D eigenvalue weighted by Gasteiger charge is -2.16. The van der Waals surface area contributed by atoms with Crippen molar-refractivity contribution >= 4 is 23.4 Å². The van der Waals surface area contributed by atoms with Crippen LogP contribution >= 0.6 is 0 Å². The number of fused-ring (bicyclic) bond motifs is 1. The summed E-state index contributed by atoms with van der Waals surface area (Å²) in [7, 11) is 0. The molecule has 0 spiro atoms. The van der Waals surface area contributed by atoms with E-state index in [4.69, 9.17) is 0 Å². The van der Waals surface area contributed by atoms with Gasteiger partial charge in [-0.1, -0.05) is 12.1 Å². The number of halogens is 1. The van der Waals surface area contributed by atoms with Crippen LogP contribution < -0.4 is 11.2 Å². The first-order chi connectivity index (χ1) is 13.5. The maximum absolute atomic E-state index is 13.5. The molecule has 0 aliphatic heterocycles. The maximum atomic E-state index is 13.5. The number of aldehydes is 1. The van der Waals surface area contributed by atoms with E-state index in [-0.39, 0.29) is 11.3 Å². The number of benzene rings is 1. The number of allylic oxidation sites excluding steroid dienone is 1. The molecule has 0 radical (unpaired) electrons. The Morgan fingerprint density at radius 1 is 1.25 bits per heavy atom. The maximum Gasteiger partial charge on any atom is 0.329 e. The number of nitrogens with zero attached hydrogens (tertiary/aromatic N) is 2. The standard InChI is InChI=1S/C21H18FN3O3/c1-2-25-19-17(20(27)24-21(25)28)16(12-7-9-14(22)10-8-12)15(4-3-11-26)18(23-19)13-5-6-13/h3-4,7-11,13H,2,5-6H2,1H3,(H,24,27,28). The van der Waals surface area contributed by atoms with Gasteiger partial charge in [0, 0.05) is 23.6 Å². The van der Waals surface area contributed by atoms with Crippen molar-refractivity contribution in [3.63, 3.8) is 0 Å². The van der Waals surface area contributed by atoms with Crippen LogP contribution in [0.2, 0.25) is 0 Å². The minimum atomic E-state index is -0.556. The van der Waals surface area contributed by atoms with Gasteiger partial charge in [-0.05, 0) is 49.6 Å². The molecular formula is C21H18FN3O3. The predicted molar refractivity (Wildman–Crippen MR) is 105 cm³/mol. The lowest BCUT2D eigenvalue weighted by molar-refractivity contribution is -0.104. The second-order valence-electron chi connectivity index (χ2n) is 6.76. The van der Waals surface area contributed by atoms with Crippen LogP contribution in [-0.2, 0) is 11.3 Å². The molecular weight excluding hydrogens is 361 g/mol. The molecule has 6 nitrogen and oxygen atoms in total. The van der Waals surface area contributed by atoms with Gasteiger partial charge in [-0.2, -0.15) is 0 Å². The molecule has 0 saturated heterocycles. The zero-order chi connectivity index (χ0) is 19.8. The Balaban J connectivity index is 2.22. The van der Waals surface area contributed by atoms with Crippen LogP contribution in [0.15, 0.2) is 39.9 Å². The van der Waals surface area contributed by atoms with Gasteiger partial charge in [-0.25, -0.2) is 14.2 Å². The van der Waals surface area contributed by atoms with Gasteiger partial charge in [0.15, 0.2) is 0 Å². The normalized spacial score (nSPS) is 14.1. The van der Waals surface area contributed by atoms with E-state index in [1.165, 1.54) is 22.8 Å². The molecule has 1 N–H and O–H groups in total. The Bertz CT molecular complexity index is 1220. The van der Waals surface area contributed by atoms with Crippen LogP contribution in [0.25, 0.3) is 28.2 Å². The Labute approximate surface area is 159 Å². The Morgan fingerprint density at radius 2 is 1.96 bits per heavy atom. The van der Waals surface area contributed by atoms with Crippen molar-refractivity contribution in [1.82, 2.24) is 14.5 Å². The number of H-pyrrole nitrogens is 1. The molecule has 4 rings (SSSR count). The zero-order valence-corrected chi connectivity index (χ0v) is 15.2. The number of carbonyl (C=O) groups excluding carboxylic acids is 1. The molecule has 0 atom stereocenters. The summed E-state index contributed by atoms with van der Waals surface area (Å²) in [4.78, 5) is 43.1. The summed E-state index contributed by atoms with van der Waals surface area (Å²) >= 11 is 0. The van der Waals surface area contributed by atoms with E-state index < -0.39 is 17.1 Å². The van der Waals surface area contributed by atoms with E-state index in [0.29, 0.717) is 35.2 Å². The molecule has 3 aromatic rings. The molecule has 1 aliphatic rings. The van der Waals surface area contributed by atoms with Crippen molar-refractivity contribution in [2.24, 2.45) is 0 Å². The third-order valence-electron chi connectivity index (χ3n) is 4.95. The highest BCUT2D eigenvalue weighted by Crippen LogP contribution is 2.44. The predicted octanol–water partition coefficient (Wildman–Crippen LogP) is 3.00. The van der Waals surface area contributed by atoms with Gasteiger partial charge >= 0.3 is 5.69 Å². The lowest BCUT2D eigenvalue weighted by Crippen LogP contribution is -2.31. The van der Waals surface area contributed by atoms with E-state index in [0.717, 1.165) is 18.5 Å². The number of carbonyl (C=O) groups is 1. The van der Waals surface area contributed by atoms with Gasteiger partial charge in [-0.3, -0.25) is 19.1 Å². The van der Waals surface area contributed by atoms with Crippen molar-refractivity contribution in [3.05, 3.63) is 68.3 Å². The molecule has 1 fully saturated rings. The van der Waals surface area contributed by atoms with Crippen LogP contribution in [0.1, 0.15) is 36.9 Å². The fourth-order valence-electron chi connectivity index (χ4n) is 3.52. The lowest BCUT2D eigenvalue weighted by atomic mass is 9.94. The van der Waals surface area contributed by atoms with E-state index in [1.54, 1.807) is 25.1 Å². The highest BCUT2D eigenvalue weighted by Gasteiger charge is 2.31. The molecule has 0 bridgehead atoms. The molecule has 142 valence electrons. The first-order valence-electron chi connectivity index (χ1n) is 9.13. The molecule has 0 unspecified atom stereocenters. The number of aryl methyl sites for hydroxylation is 1. The highest BCUT2D eigenvalue weighted by atomic mass is 19.1. The zero-order valence-electron chi connectivity index (χ0n) is 15.2. The van der Waals surface area contributed by atoms with Gasteiger partial charge in [0.25, 0.3) is 5.56 Å². The van der Waals surface area contributed by atoms with E-state index >= 15 is 0 Å². The SMILES string of the molecule is CCn1c(=O)[nH]c(=O)c2c(-c3ccc(F)cc3)c(C=CC=O)c(C3CC3)nc21. The van der Waals surface area contributed by atoms with Gasteiger partial charge in [-0.15, -0.1) is 0 Å². The quantitative estimate of drug-likeness (QED) is 0.546. The Kier molecular flexibility index (Phi) is 4.50. The minimum Gasteiger partial charge on any atom is -0.299 e. The first-order valence-corrected chi connectivity index (χ1v) is 9.13. The number of aromatic nitrogens is 3. The second kappa shape index (κ2) is 6.99. The summed E-state index contributed by atoms with van der Waals surface area (Å²) in [5.41, 5.74) is 1.80. The Morgan fingerprint density at radius 3 is 2.57 bits per heavy atom. The van der Waals surface area contributed by atoms with E-state index in [1.807, 2.05) is 0 Å². The average Bonchev–Trinajstić information content (AvgIpc) is 3.51. The highest BCUT2D eigenvalue weighted by molar-refractivity contribution is 5.98. The largest absolute Gasteiger partial charge is 0.329 e. The summed E-state index contributed by atoms with van der Waals surface area (Å²) in [6.45, 7) is 2.14. The van der Waals surface area contributed by atoms with Crippen LogP contribution in [0.5, 0.6) is 0 Å². The number of hydrogen-bond donors (Lipinski definition) is 1. The monoisotopic (exact) mass is 379 g/mol. The fourth-order valence-corrected chi connectivity index (χ4v) is 3.52. The number of rotatable bonds is 5. The number of hydrogen-bond acceptors (Lipinski definition) is 4. The van der Waals surface area contributed by atoms with Crippen molar-refractivity contribution in [1.29, 1.82) is 0 Å². The summed E-state index contributed by atoms with van der Waals surface area (Å²) in [5.74, 6) is -0.191. The molecule has 1 aliphatic carbocycles. The smallest absolute Gasteiger partial charge is 0.299 e. The molecule has 0 amide bonds. The summed E-state index contributed by atoms with van der Waals surface area (Å²) in [6, 6.07) is 5.80. The second-order valence-corrected chi connectivity index (χ2v) is 6.76. The van der Waals surface area contributed by atoms with Crippen LogP contribution in [0.3, 0.4) is 0 Å². The fraction of sp³-hybridized carbons (Fsp3) is 0.238. The van der Waals surface area contributed by atoms with Crippen molar-refractivity contribution in [2.45, 2.75) is 32.2 Å². The molecule has 28 heavy (non-hydrogen) atoms.